The number of hydrogen-bond donors (Lipinski definition) is 1. The van der Waals surface area contributed by atoms with Gasteiger partial charge < -0.3 is 24.1 Å². The quantitative estimate of drug-likeness (QED) is 0.122. The SMILES string of the molecule is CCc1c(-c2ccc3c(C(F)(F)F)c(CN(C)C)[nH]c3c2)nc(OCc2ccccc2)c(C(=O)OCc2ccccc2)c1OCc1ccccc1. The first-order valence-electron chi connectivity index (χ1n) is 16.6. The number of nitrogens with one attached hydrogen (secondary N) is 1. The Hall–Kier alpha value is -5.61. The van der Waals surface area contributed by atoms with Gasteiger partial charge in [-0.1, -0.05) is 110 Å². The van der Waals surface area contributed by atoms with Gasteiger partial charge in [0.25, 0.3) is 0 Å². The molecular formula is C41H38F3N3O4. The Morgan fingerprint density at radius 3 is 1.90 bits per heavy atom. The summed E-state index contributed by atoms with van der Waals surface area (Å²) >= 11 is 0. The molecule has 1 N–H and O–H groups in total. The monoisotopic (exact) mass is 693 g/mol. The lowest BCUT2D eigenvalue weighted by Crippen LogP contribution is -2.15. The number of nitrogens with zero attached hydrogens (tertiary/aromatic N) is 2. The maximum atomic E-state index is 14.3. The number of hydrogen-bond acceptors (Lipinski definition) is 6. The van der Waals surface area contributed by atoms with Crippen molar-refractivity contribution in [2.24, 2.45) is 0 Å². The zero-order valence-electron chi connectivity index (χ0n) is 28.6. The number of halogens is 3. The lowest BCUT2D eigenvalue weighted by molar-refractivity contribution is -0.137. The molecule has 0 radical (unpaired) electrons. The van der Waals surface area contributed by atoms with E-state index in [0.29, 0.717) is 28.8 Å². The number of fused-ring (bicyclic) bond motifs is 1. The average Bonchev–Trinajstić information content (AvgIpc) is 3.50. The van der Waals surface area contributed by atoms with Crippen LogP contribution in [0.15, 0.2) is 109 Å². The van der Waals surface area contributed by atoms with Gasteiger partial charge in [-0.25, -0.2) is 9.78 Å². The Balaban J connectivity index is 1.52. The molecule has 2 aromatic heterocycles. The van der Waals surface area contributed by atoms with Crippen LogP contribution in [-0.2, 0) is 43.7 Å². The van der Waals surface area contributed by atoms with Crippen LogP contribution in [0.1, 0.15) is 50.8 Å². The maximum absolute atomic E-state index is 14.3. The van der Waals surface area contributed by atoms with Crippen molar-refractivity contribution in [1.82, 2.24) is 14.9 Å². The second kappa shape index (κ2) is 15.5. The summed E-state index contributed by atoms with van der Waals surface area (Å²) in [5.74, 6) is -0.451. The van der Waals surface area contributed by atoms with Gasteiger partial charge in [0.1, 0.15) is 25.6 Å². The molecule has 4 aromatic carbocycles. The predicted octanol–water partition coefficient (Wildman–Crippen LogP) is 9.39. The Morgan fingerprint density at radius 2 is 1.35 bits per heavy atom. The fourth-order valence-corrected chi connectivity index (χ4v) is 6.00. The highest BCUT2D eigenvalue weighted by Crippen LogP contribution is 2.42. The van der Waals surface area contributed by atoms with Crippen molar-refractivity contribution in [3.63, 3.8) is 0 Å². The van der Waals surface area contributed by atoms with Crippen LogP contribution in [0.3, 0.4) is 0 Å². The minimum absolute atomic E-state index is 0.0111. The molecule has 0 amide bonds. The lowest BCUT2D eigenvalue weighted by Gasteiger charge is -2.21. The average molecular weight is 694 g/mol. The summed E-state index contributed by atoms with van der Waals surface area (Å²) in [6.07, 6.45) is -4.18. The highest BCUT2D eigenvalue weighted by molar-refractivity contribution is 5.97. The van der Waals surface area contributed by atoms with Gasteiger partial charge in [0.2, 0.25) is 5.88 Å². The third-order valence-corrected chi connectivity index (χ3v) is 8.34. The fraction of sp³-hybridized carbons (Fsp3) is 0.220. The summed E-state index contributed by atoms with van der Waals surface area (Å²) < 4.78 is 61.6. The Morgan fingerprint density at radius 1 is 0.784 bits per heavy atom. The van der Waals surface area contributed by atoms with E-state index in [4.69, 9.17) is 19.2 Å². The van der Waals surface area contributed by atoms with Crippen molar-refractivity contribution in [3.8, 4) is 22.9 Å². The molecule has 7 nitrogen and oxygen atoms in total. The van der Waals surface area contributed by atoms with E-state index < -0.39 is 17.7 Å². The van der Waals surface area contributed by atoms with E-state index in [9.17, 15) is 18.0 Å². The number of ether oxygens (including phenoxy) is 3. The van der Waals surface area contributed by atoms with Gasteiger partial charge in [-0.3, -0.25) is 0 Å². The largest absolute Gasteiger partial charge is 0.487 e. The van der Waals surface area contributed by atoms with E-state index in [1.165, 1.54) is 6.07 Å². The molecule has 0 bridgehead atoms. The minimum Gasteiger partial charge on any atom is -0.487 e. The number of H-pyrrole nitrogens is 1. The van der Waals surface area contributed by atoms with Gasteiger partial charge in [-0.2, -0.15) is 13.2 Å². The summed E-state index contributed by atoms with van der Waals surface area (Å²) in [5, 5.41) is 0.0587. The molecule has 6 aromatic rings. The molecule has 0 atom stereocenters. The van der Waals surface area contributed by atoms with Gasteiger partial charge in [-0.15, -0.1) is 0 Å². The number of pyridine rings is 1. The van der Waals surface area contributed by atoms with Crippen molar-refractivity contribution in [2.75, 3.05) is 14.1 Å². The highest BCUT2D eigenvalue weighted by Gasteiger charge is 2.37. The fourth-order valence-electron chi connectivity index (χ4n) is 6.00. The highest BCUT2D eigenvalue weighted by atomic mass is 19.4. The predicted molar refractivity (Wildman–Crippen MR) is 190 cm³/mol. The van der Waals surface area contributed by atoms with Gasteiger partial charge in [0.15, 0.2) is 5.56 Å². The van der Waals surface area contributed by atoms with Crippen LogP contribution < -0.4 is 9.47 Å². The van der Waals surface area contributed by atoms with E-state index in [2.05, 4.69) is 4.98 Å². The zero-order chi connectivity index (χ0) is 36.0. The second-order valence-corrected chi connectivity index (χ2v) is 12.4. The van der Waals surface area contributed by atoms with Crippen molar-refractivity contribution in [1.29, 1.82) is 0 Å². The van der Waals surface area contributed by atoms with Crippen LogP contribution in [0, 0.1) is 0 Å². The molecule has 262 valence electrons. The molecule has 0 unspecified atom stereocenters. The van der Waals surface area contributed by atoms with Crippen molar-refractivity contribution >= 4 is 16.9 Å². The van der Waals surface area contributed by atoms with Crippen LogP contribution in [0.2, 0.25) is 0 Å². The van der Waals surface area contributed by atoms with Gasteiger partial charge in [-0.05, 0) is 43.3 Å². The Labute approximate surface area is 294 Å². The van der Waals surface area contributed by atoms with E-state index >= 15 is 0 Å². The van der Waals surface area contributed by atoms with Crippen molar-refractivity contribution in [2.45, 2.75) is 45.9 Å². The van der Waals surface area contributed by atoms with Crippen LogP contribution in [0.5, 0.6) is 11.6 Å². The molecule has 0 aliphatic rings. The Bertz CT molecular complexity index is 2100. The smallest absolute Gasteiger partial charge is 0.418 e. The standard InChI is InChI=1S/C41H38F3N3O4/c1-4-31-37(30-20-21-32-33(22-30)45-34(23-47(2)3)36(32)41(42,43)44)46-39(50-25-28-16-10-6-11-17-28)35(38(31)49-24-27-14-8-5-9-15-27)40(48)51-26-29-18-12-7-13-19-29/h5-22,45H,4,23-26H2,1-3H3. The van der Waals surface area contributed by atoms with Crippen molar-refractivity contribution < 1.29 is 32.2 Å². The molecule has 0 aliphatic carbocycles. The number of carbonyl (C=O) groups is 1. The minimum atomic E-state index is -4.56. The molecule has 0 aliphatic heterocycles. The topological polar surface area (TPSA) is 76.7 Å². The van der Waals surface area contributed by atoms with Crippen molar-refractivity contribution in [3.05, 3.63) is 148 Å². The van der Waals surface area contributed by atoms with Gasteiger partial charge in [0, 0.05) is 34.3 Å². The second-order valence-electron chi connectivity index (χ2n) is 12.4. The summed E-state index contributed by atoms with van der Waals surface area (Å²) in [6.45, 7) is 2.22. The molecule has 0 spiro atoms. The van der Waals surface area contributed by atoms with E-state index in [0.717, 1.165) is 16.7 Å². The van der Waals surface area contributed by atoms with Crippen LogP contribution >= 0.6 is 0 Å². The molecule has 0 fully saturated rings. The van der Waals surface area contributed by atoms with Gasteiger partial charge >= 0.3 is 12.1 Å². The van der Waals surface area contributed by atoms with Crippen LogP contribution in [0.25, 0.3) is 22.2 Å². The van der Waals surface area contributed by atoms with E-state index in [-0.39, 0.29) is 54.6 Å². The summed E-state index contributed by atoms with van der Waals surface area (Å²) in [4.78, 5) is 23.7. The van der Waals surface area contributed by atoms with E-state index in [1.54, 1.807) is 31.1 Å². The first-order valence-corrected chi connectivity index (χ1v) is 16.6. The summed E-state index contributed by atoms with van der Waals surface area (Å²) in [6, 6.07) is 33.0. The van der Waals surface area contributed by atoms with Gasteiger partial charge in [0.05, 0.1) is 11.3 Å². The molecule has 10 heteroatoms. The normalized spacial score (nSPS) is 11.6. The number of carbonyl (C=O) groups excluding carboxylic acids is 1. The zero-order valence-corrected chi connectivity index (χ0v) is 28.6. The maximum Gasteiger partial charge on any atom is 0.418 e. The third kappa shape index (κ3) is 8.24. The number of rotatable bonds is 13. The van der Waals surface area contributed by atoms with Crippen LogP contribution in [0.4, 0.5) is 13.2 Å². The molecular weight excluding hydrogens is 655 g/mol. The number of aromatic amines is 1. The molecule has 0 saturated carbocycles. The number of alkyl halides is 3. The number of esters is 1. The Kier molecular flexibility index (Phi) is 10.7. The summed E-state index contributed by atoms with van der Waals surface area (Å²) in [7, 11) is 3.43. The third-order valence-electron chi connectivity index (χ3n) is 8.34. The summed E-state index contributed by atoms with van der Waals surface area (Å²) in [5.41, 5.74) is 3.76. The molecule has 2 heterocycles. The molecule has 0 saturated heterocycles. The molecule has 6 rings (SSSR count). The van der Waals surface area contributed by atoms with E-state index in [1.807, 2.05) is 97.9 Å². The van der Waals surface area contributed by atoms with Crippen LogP contribution in [-0.4, -0.2) is 34.9 Å². The number of benzene rings is 4. The molecule has 51 heavy (non-hydrogen) atoms. The lowest BCUT2D eigenvalue weighted by atomic mass is 9.98. The first-order chi connectivity index (χ1) is 24.6. The first kappa shape index (κ1) is 35.2. The number of aromatic nitrogens is 2.